The van der Waals surface area contributed by atoms with Crippen LogP contribution >= 0.6 is 0 Å². The summed E-state index contributed by atoms with van der Waals surface area (Å²) in [5.74, 6) is 0.185. The fourth-order valence-electron chi connectivity index (χ4n) is 3.15. The Balaban J connectivity index is 1.91. The van der Waals surface area contributed by atoms with Crippen molar-refractivity contribution in [1.82, 2.24) is 10.6 Å². The summed E-state index contributed by atoms with van der Waals surface area (Å²) in [6.45, 7) is 8.01. The number of amides is 3. The van der Waals surface area contributed by atoms with Gasteiger partial charge in [0.25, 0.3) is 5.91 Å². The Morgan fingerprint density at radius 3 is 2.22 bits per heavy atom. The molecule has 0 bridgehead atoms. The molecule has 1 aliphatic heterocycles. The number of nitrogens with one attached hydrogen (secondary N) is 3. The van der Waals surface area contributed by atoms with Gasteiger partial charge in [-0.15, -0.1) is 0 Å². The Morgan fingerprint density at radius 1 is 1.00 bits per heavy atom. The van der Waals surface area contributed by atoms with E-state index in [1.807, 2.05) is 55.5 Å². The van der Waals surface area contributed by atoms with Crippen molar-refractivity contribution in [3.8, 4) is 0 Å². The monoisotopic (exact) mass is 363 g/mol. The highest BCUT2D eigenvalue weighted by molar-refractivity contribution is 6.06. The molecule has 5 heteroatoms. The van der Waals surface area contributed by atoms with E-state index in [-0.39, 0.29) is 11.9 Å². The number of anilines is 1. The predicted octanol–water partition coefficient (Wildman–Crippen LogP) is 4.39. The topological polar surface area (TPSA) is 70.2 Å². The fourth-order valence-corrected chi connectivity index (χ4v) is 3.15. The van der Waals surface area contributed by atoms with Crippen LogP contribution in [0.25, 0.3) is 0 Å². The number of hydrogen-bond acceptors (Lipinski definition) is 2. The molecule has 2 aromatic carbocycles. The lowest BCUT2D eigenvalue weighted by Gasteiger charge is -2.29. The van der Waals surface area contributed by atoms with Gasteiger partial charge in [-0.2, -0.15) is 0 Å². The second-order valence-corrected chi connectivity index (χ2v) is 7.21. The van der Waals surface area contributed by atoms with E-state index in [9.17, 15) is 9.59 Å². The van der Waals surface area contributed by atoms with Gasteiger partial charge in [-0.3, -0.25) is 4.79 Å². The van der Waals surface area contributed by atoms with Gasteiger partial charge in [0.15, 0.2) is 0 Å². The van der Waals surface area contributed by atoms with Crippen molar-refractivity contribution in [2.24, 2.45) is 0 Å². The molecule has 0 saturated carbocycles. The maximum atomic E-state index is 13.0. The number of carbonyl (C=O) groups is 2. The highest BCUT2D eigenvalue weighted by Crippen LogP contribution is 2.29. The van der Waals surface area contributed by atoms with Gasteiger partial charge in [0, 0.05) is 11.4 Å². The van der Waals surface area contributed by atoms with Crippen LogP contribution in [0, 0.1) is 6.92 Å². The summed E-state index contributed by atoms with van der Waals surface area (Å²) in [6.07, 6.45) is 0. The van der Waals surface area contributed by atoms with Gasteiger partial charge in [-0.1, -0.05) is 55.8 Å². The van der Waals surface area contributed by atoms with Crippen molar-refractivity contribution >= 4 is 17.6 Å². The number of urea groups is 1. The number of carbonyl (C=O) groups excluding carboxylic acids is 2. The molecule has 0 spiro atoms. The molecule has 140 valence electrons. The molecule has 1 atom stereocenters. The summed E-state index contributed by atoms with van der Waals surface area (Å²) < 4.78 is 0. The van der Waals surface area contributed by atoms with E-state index < -0.39 is 6.04 Å². The van der Waals surface area contributed by atoms with Gasteiger partial charge in [-0.25, -0.2) is 4.79 Å². The largest absolute Gasteiger partial charge is 0.327 e. The normalized spacial score (nSPS) is 16.8. The minimum Gasteiger partial charge on any atom is -0.327 e. The van der Waals surface area contributed by atoms with Gasteiger partial charge in [0.05, 0.1) is 11.6 Å². The zero-order valence-electron chi connectivity index (χ0n) is 16.1. The first-order valence-electron chi connectivity index (χ1n) is 9.11. The summed E-state index contributed by atoms with van der Waals surface area (Å²) in [4.78, 5) is 25.0. The van der Waals surface area contributed by atoms with Crippen molar-refractivity contribution in [3.05, 3.63) is 76.5 Å². The summed E-state index contributed by atoms with van der Waals surface area (Å²) in [5, 5.41) is 8.50. The zero-order valence-corrected chi connectivity index (χ0v) is 16.1. The fraction of sp³-hybridized carbons (Fsp3) is 0.273. The standard InChI is InChI=1S/C22H25N3O2/c1-13(2)16-7-9-17(10-8-16)20-19(15(4)23-22(27)25-20)21(26)24-18-11-5-14(3)6-12-18/h5-13,20H,1-4H3,(H,24,26)(H2,23,25,27). The first-order valence-corrected chi connectivity index (χ1v) is 9.11. The molecule has 3 rings (SSSR count). The molecule has 0 radical (unpaired) electrons. The van der Waals surface area contributed by atoms with Crippen molar-refractivity contribution in [1.29, 1.82) is 0 Å². The van der Waals surface area contributed by atoms with Crippen molar-refractivity contribution in [3.63, 3.8) is 0 Å². The Hall–Kier alpha value is -3.08. The molecule has 5 nitrogen and oxygen atoms in total. The van der Waals surface area contributed by atoms with Gasteiger partial charge < -0.3 is 16.0 Å². The number of benzene rings is 2. The first kappa shape index (κ1) is 18.7. The zero-order chi connectivity index (χ0) is 19.6. The van der Waals surface area contributed by atoms with Gasteiger partial charge >= 0.3 is 6.03 Å². The number of allylic oxidation sites excluding steroid dienone is 1. The molecule has 1 unspecified atom stereocenters. The van der Waals surface area contributed by atoms with E-state index in [0.717, 1.165) is 16.8 Å². The Kier molecular flexibility index (Phi) is 5.31. The molecule has 1 heterocycles. The van der Waals surface area contributed by atoms with Crippen LogP contribution in [0.2, 0.25) is 0 Å². The highest BCUT2D eigenvalue weighted by Gasteiger charge is 2.31. The maximum Gasteiger partial charge on any atom is 0.319 e. The third kappa shape index (κ3) is 4.19. The smallest absolute Gasteiger partial charge is 0.319 e. The second-order valence-electron chi connectivity index (χ2n) is 7.21. The molecule has 1 aliphatic rings. The van der Waals surface area contributed by atoms with E-state index in [0.29, 0.717) is 17.2 Å². The average Bonchev–Trinajstić information content (AvgIpc) is 2.63. The van der Waals surface area contributed by atoms with Crippen LogP contribution in [0.3, 0.4) is 0 Å². The third-order valence-corrected chi connectivity index (χ3v) is 4.76. The Labute approximate surface area is 159 Å². The van der Waals surface area contributed by atoms with E-state index in [1.165, 1.54) is 5.56 Å². The number of hydrogen-bond donors (Lipinski definition) is 3. The Bertz CT molecular complexity index is 881. The van der Waals surface area contributed by atoms with Gasteiger partial charge in [0.1, 0.15) is 0 Å². The predicted molar refractivity (Wildman–Crippen MR) is 107 cm³/mol. The van der Waals surface area contributed by atoms with Gasteiger partial charge in [-0.05, 0) is 43.0 Å². The lowest BCUT2D eigenvalue weighted by molar-refractivity contribution is -0.113. The molecule has 2 aromatic rings. The Morgan fingerprint density at radius 2 is 1.63 bits per heavy atom. The third-order valence-electron chi connectivity index (χ3n) is 4.76. The van der Waals surface area contributed by atoms with Crippen LogP contribution in [-0.4, -0.2) is 11.9 Å². The van der Waals surface area contributed by atoms with Crippen LogP contribution in [0.1, 0.15) is 49.4 Å². The summed E-state index contributed by atoms with van der Waals surface area (Å²) >= 11 is 0. The molecule has 27 heavy (non-hydrogen) atoms. The van der Waals surface area contributed by atoms with E-state index in [2.05, 4.69) is 29.8 Å². The quantitative estimate of drug-likeness (QED) is 0.754. The summed E-state index contributed by atoms with van der Waals surface area (Å²) in [7, 11) is 0. The maximum absolute atomic E-state index is 13.0. The first-order chi connectivity index (χ1) is 12.8. The van der Waals surface area contributed by atoms with Crippen molar-refractivity contribution in [2.45, 2.75) is 39.7 Å². The average molecular weight is 363 g/mol. The van der Waals surface area contributed by atoms with Gasteiger partial charge in [0.2, 0.25) is 0 Å². The van der Waals surface area contributed by atoms with E-state index in [4.69, 9.17) is 0 Å². The van der Waals surface area contributed by atoms with E-state index >= 15 is 0 Å². The van der Waals surface area contributed by atoms with Crippen molar-refractivity contribution in [2.75, 3.05) is 5.32 Å². The van der Waals surface area contributed by atoms with Crippen LogP contribution in [0.5, 0.6) is 0 Å². The molecular weight excluding hydrogens is 338 g/mol. The lowest BCUT2D eigenvalue weighted by Crippen LogP contribution is -2.45. The molecule has 0 aromatic heterocycles. The van der Waals surface area contributed by atoms with Crippen LogP contribution in [-0.2, 0) is 4.79 Å². The number of rotatable bonds is 4. The van der Waals surface area contributed by atoms with Crippen LogP contribution in [0.15, 0.2) is 59.8 Å². The van der Waals surface area contributed by atoms with E-state index in [1.54, 1.807) is 6.92 Å². The lowest BCUT2D eigenvalue weighted by atomic mass is 9.92. The number of aryl methyl sites for hydroxylation is 1. The van der Waals surface area contributed by atoms with Crippen LogP contribution < -0.4 is 16.0 Å². The minimum absolute atomic E-state index is 0.234. The highest BCUT2D eigenvalue weighted by atomic mass is 16.2. The molecule has 0 saturated heterocycles. The molecule has 3 N–H and O–H groups in total. The summed E-state index contributed by atoms with van der Waals surface area (Å²) in [5.41, 5.74) is 5.00. The molecular formula is C22H25N3O2. The second kappa shape index (κ2) is 7.66. The molecule has 3 amide bonds. The molecule has 0 aliphatic carbocycles. The SMILES string of the molecule is CC1=C(C(=O)Nc2ccc(C)cc2)C(c2ccc(C(C)C)cc2)NC(=O)N1. The van der Waals surface area contributed by atoms with Crippen molar-refractivity contribution < 1.29 is 9.59 Å². The molecule has 0 fully saturated rings. The minimum atomic E-state index is -0.495. The summed E-state index contributed by atoms with van der Waals surface area (Å²) in [6, 6.07) is 14.8. The van der Waals surface area contributed by atoms with Crippen LogP contribution in [0.4, 0.5) is 10.5 Å².